The van der Waals surface area contributed by atoms with Crippen LogP contribution in [0.2, 0.25) is 10.0 Å². The number of phenolic OH excluding ortho intramolecular Hbond substituents is 1. The van der Waals surface area contributed by atoms with Crippen molar-refractivity contribution in [2.45, 2.75) is 24.2 Å². The topological polar surface area (TPSA) is 104 Å². The molecule has 1 saturated carbocycles. The fourth-order valence-corrected chi connectivity index (χ4v) is 9.27. The zero-order valence-corrected chi connectivity index (χ0v) is 27.8. The van der Waals surface area contributed by atoms with Crippen molar-refractivity contribution in [3.63, 3.8) is 0 Å². The molecule has 2 heterocycles. The quantitative estimate of drug-likeness (QED) is 0.177. The molecule has 4 aromatic rings. The summed E-state index contributed by atoms with van der Waals surface area (Å²) in [6.07, 6.45) is 2.41. The summed E-state index contributed by atoms with van der Waals surface area (Å²) in [5.41, 5.74) is 1.28. The van der Waals surface area contributed by atoms with Gasteiger partial charge in [-0.2, -0.15) is 0 Å². The molecule has 4 amide bonds. The maximum Gasteiger partial charge on any atom is 0.246 e. The molecule has 8 rings (SSSR count). The molecular formula is C39H30Cl2N2O6. The number of anilines is 2. The molecule has 2 aliphatic heterocycles. The van der Waals surface area contributed by atoms with E-state index in [1.165, 1.54) is 16.9 Å². The highest BCUT2D eigenvalue weighted by molar-refractivity contribution is 6.33. The van der Waals surface area contributed by atoms with Gasteiger partial charge in [0.25, 0.3) is 0 Å². The molecule has 0 aromatic heterocycles. The summed E-state index contributed by atoms with van der Waals surface area (Å²) in [4.78, 5) is 60.9. The summed E-state index contributed by atoms with van der Waals surface area (Å²) in [5, 5.41) is 11.1. The van der Waals surface area contributed by atoms with E-state index in [9.17, 15) is 19.5 Å². The second-order valence-corrected chi connectivity index (χ2v) is 13.8. The van der Waals surface area contributed by atoms with E-state index >= 15 is 4.79 Å². The van der Waals surface area contributed by atoms with Gasteiger partial charge in [-0.1, -0.05) is 89.4 Å². The second-order valence-electron chi connectivity index (χ2n) is 13.0. The van der Waals surface area contributed by atoms with Crippen molar-refractivity contribution in [2.75, 3.05) is 16.9 Å². The van der Waals surface area contributed by atoms with Gasteiger partial charge in [-0.25, -0.2) is 4.90 Å². The standard InChI is InChI=1S/C39H30Cl2N2O6/c1-49-31-18-21(17-30(41)34(31)44)33-26-15-16-27-32(37(47)42(35(27)45)24-12-6-3-7-13-24)28(26)20-29-36(46)43(25-14-8-11-23(40)19-25)38(48)39(29,33)22-9-4-2-5-10-22/h2-15,17-19,27-29,32-33,44H,16,20H2,1H3. The maximum absolute atomic E-state index is 15.3. The van der Waals surface area contributed by atoms with E-state index in [2.05, 4.69) is 0 Å². The number of benzene rings is 4. The fourth-order valence-electron chi connectivity index (χ4n) is 8.87. The summed E-state index contributed by atoms with van der Waals surface area (Å²) in [5.74, 6) is -5.30. The highest BCUT2D eigenvalue weighted by Crippen LogP contribution is 2.65. The van der Waals surface area contributed by atoms with Gasteiger partial charge < -0.3 is 9.84 Å². The van der Waals surface area contributed by atoms with Crippen LogP contribution in [0, 0.1) is 23.7 Å². The van der Waals surface area contributed by atoms with Crippen LogP contribution in [0.15, 0.2) is 109 Å². The van der Waals surface area contributed by atoms with Crippen LogP contribution < -0.4 is 14.5 Å². The molecule has 2 saturated heterocycles. The van der Waals surface area contributed by atoms with Gasteiger partial charge in [0.05, 0.1) is 46.7 Å². The first-order valence-electron chi connectivity index (χ1n) is 16.1. The molecule has 1 N–H and O–H groups in total. The Morgan fingerprint density at radius 2 is 1.47 bits per heavy atom. The molecule has 4 aliphatic rings. The summed E-state index contributed by atoms with van der Waals surface area (Å²) in [6.45, 7) is 0. The van der Waals surface area contributed by atoms with E-state index in [1.807, 2.05) is 42.5 Å². The number of phenols is 1. The van der Waals surface area contributed by atoms with Gasteiger partial charge in [-0.05, 0) is 72.4 Å². The van der Waals surface area contributed by atoms with Gasteiger partial charge in [0.2, 0.25) is 23.6 Å². The first-order chi connectivity index (χ1) is 23.7. The number of hydrogen-bond acceptors (Lipinski definition) is 6. The zero-order valence-electron chi connectivity index (χ0n) is 26.3. The Kier molecular flexibility index (Phi) is 7.42. The minimum absolute atomic E-state index is 0.0105. The van der Waals surface area contributed by atoms with E-state index in [1.54, 1.807) is 60.7 Å². The summed E-state index contributed by atoms with van der Waals surface area (Å²) in [7, 11) is 1.41. The van der Waals surface area contributed by atoms with Gasteiger partial charge in [-0.3, -0.25) is 24.1 Å². The molecule has 3 fully saturated rings. The van der Waals surface area contributed by atoms with Crippen molar-refractivity contribution in [2.24, 2.45) is 23.7 Å². The van der Waals surface area contributed by atoms with Crippen molar-refractivity contribution in [1.82, 2.24) is 0 Å². The molecule has 6 atom stereocenters. The molecule has 8 nitrogen and oxygen atoms in total. The smallest absolute Gasteiger partial charge is 0.246 e. The number of aromatic hydroxyl groups is 1. The second kappa shape index (κ2) is 11.6. The number of nitrogens with zero attached hydrogens (tertiary/aromatic N) is 2. The Balaban J connectivity index is 1.38. The van der Waals surface area contributed by atoms with Crippen LogP contribution in [0.3, 0.4) is 0 Å². The van der Waals surface area contributed by atoms with Crippen molar-refractivity contribution >= 4 is 58.2 Å². The van der Waals surface area contributed by atoms with E-state index in [0.717, 1.165) is 5.57 Å². The Bertz CT molecular complexity index is 2090. The normalized spacial score (nSPS) is 27.5. The predicted molar refractivity (Wildman–Crippen MR) is 185 cm³/mol. The maximum atomic E-state index is 15.3. The number of imide groups is 2. The average Bonchev–Trinajstić information content (AvgIpc) is 3.50. The van der Waals surface area contributed by atoms with Gasteiger partial charge in [0.15, 0.2) is 11.5 Å². The Morgan fingerprint density at radius 1 is 0.776 bits per heavy atom. The number of amides is 4. The number of fused-ring (bicyclic) bond motifs is 4. The van der Waals surface area contributed by atoms with Gasteiger partial charge in [0, 0.05) is 10.9 Å². The third-order valence-corrected chi connectivity index (χ3v) is 11.3. The van der Waals surface area contributed by atoms with E-state index < -0.39 is 46.8 Å². The van der Waals surface area contributed by atoms with Crippen LogP contribution in [0.25, 0.3) is 0 Å². The van der Waals surface area contributed by atoms with Crippen LogP contribution in [0.1, 0.15) is 29.9 Å². The summed E-state index contributed by atoms with van der Waals surface area (Å²) >= 11 is 13.0. The minimum atomic E-state index is -1.48. The highest BCUT2D eigenvalue weighted by atomic mass is 35.5. The number of carbonyl (C=O) groups excluding carboxylic acids is 4. The SMILES string of the molecule is COc1cc(C2C3=CCC4C(=O)N(c5ccccc5)C(=O)C4C3CC3C(=O)N(c4cccc(Cl)c4)C(=O)C32c2ccccc2)cc(Cl)c1O. The number of methoxy groups -OCH3 is 1. The van der Waals surface area contributed by atoms with Gasteiger partial charge >= 0.3 is 0 Å². The monoisotopic (exact) mass is 692 g/mol. The number of halogens is 2. The van der Waals surface area contributed by atoms with Crippen LogP contribution in [0.5, 0.6) is 11.5 Å². The van der Waals surface area contributed by atoms with E-state index in [0.29, 0.717) is 27.5 Å². The summed E-state index contributed by atoms with van der Waals surface area (Å²) in [6, 6.07) is 27.9. The van der Waals surface area contributed by atoms with Crippen LogP contribution >= 0.6 is 23.2 Å². The van der Waals surface area contributed by atoms with Gasteiger partial charge in [0.1, 0.15) is 0 Å². The van der Waals surface area contributed by atoms with Crippen molar-refractivity contribution < 1.29 is 29.0 Å². The lowest BCUT2D eigenvalue weighted by atomic mass is 9.49. The van der Waals surface area contributed by atoms with Crippen LogP contribution in [0.4, 0.5) is 11.4 Å². The van der Waals surface area contributed by atoms with E-state index in [-0.39, 0.29) is 41.2 Å². The minimum Gasteiger partial charge on any atom is -0.503 e. The number of rotatable bonds is 5. The molecule has 0 spiro atoms. The lowest BCUT2D eigenvalue weighted by Crippen LogP contribution is -2.53. The molecule has 4 aromatic carbocycles. The third-order valence-electron chi connectivity index (χ3n) is 10.8. The first kappa shape index (κ1) is 31.4. The van der Waals surface area contributed by atoms with Crippen molar-refractivity contribution in [1.29, 1.82) is 0 Å². The summed E-state index contributed by atoms with van der Waals surface area (Å²) < 4.78 is 5.52. The molecule has 10 heteroatoms. The van der Waals surface area contributed by atoms with Crippen LogP contribution in [-0.2, 0) is 24.6 Å². The fraction of sp³-hybridized carbons (Fsp3) is 0.231. The van der Waals surface area contributed by atoms with E-state index in [4.69, 9.17) is 27.9 Å². The number of allylic oxidation sites excluding steroid dienone is 2. The van der Waals surface area contributed by atoms with Crippen molar-refractivity contribution in [3.05, 3.63) is 130 Å². The van der Waals surface area contributed by atoms with Crippen LogP contribution in [-0.4, -0.2) is 35.8 Å². The number of carbonyl (C=O) groups is 4. The Hall–Kier alpha value is -4.92. The zero-order chi connectivity index (χ0) is 34.2. The first-order valence-corrected chi connectivity index (χ1v) is 16.8. The highest BCUT2D eigenvalue weighted by Gasteiger charge is 2.70. The molecule has 0 bridgehead atoms. The van der Waals surface area contributed by atoms with Gasteiger partial charge in [-0.15, -0.1) is 0 Å². The lowest BCUT2D eigenvalue weighted by Gasteiger charge is -2.50. The Labute approximate surface area is 292 Å². The Morgan fingerprint density at radius 3 is 2.16 bits per heavy atom. The molecule has 49 heavy (non-hydrogen) atoms. The molecule has 246 valence electrons. The largest absolute Gasteiger partial charge is 0.503 e. The molecule has 2 aliphatic carbocycles. The third kappa shape index (κ3) is 4.43. The lowest BCUT2D eigenvalue weighted by molar-refractivity contribution is -0.127. The average molecular weight is 694 g/mol. The number of para-hydroxylation sites is 1. The molecule has 6 unspecified atom stereocenters. The molecule has 0 radical (unpaired) electrons. The van der Waals surface area contributed by atoms with Crippen molar-refractivity contribution in [3.8, 4) is 11.5 Å². The molecular weight excluding hydrogens is 663 g/mol. The number of hydrogen-bond donors (Lipinski definition) is 1. The number of ether oxygens (including phenoxy) is 1. The predicted octanol–water partition coefficient (Wildman–Crippen LogP) is 7.07.